The smallest absolute Gasteiger partial charge is 0.321 e. The monoisotopic (exact) mass is 408 g/mol. The highest BCUT2D eigenvalue weighted by Crippen LogP contribution is 2.26. The zero-order valence-corrected chi connectivity index (χ0v) is 16.5. The molecule has 2 amide bonds. The molecular weight excluding hydrogens is 388 g/mol. The summed E-state index contributed by atoms with van der Waals surface area (Å²) < 4.78 is 30.7. The molecule has 0 atom stereocenters. The van der Waals surface area contributed by atoms with Gasteiger partial charge in [0.1, 0.15) is 5.75 Å². The second kappa shape index (κ2) is 8.19. The van der Waals surface area contributed by atoms with E-state index in [1.807, 2.05) is 0 Å². The number of ether oxygens (including phenoxy) is 1. The number of halogens is 1. The quantitative estimate of drug-likeness (QED) is 0.834. The van der Waals surface area contributed by atoms with E-state index >= 15 is 0 Å². The van der Waals surface area contributed by atoms with E-state index in [1.165, 1.54) is 7.11 Å². The normalized spacial score (nSPS) is 15.4. The van der Waals surface area contributed by atoms with Gasteiger partial charge in [-0.15, -0.1) is 0 Å². The molecule has 1 aliphatic rings. The molecule has 1 aliphatic heterocycles. The maximum atomic E-state index is 12.8. The number of sulfone groups is 1. The number of methoxy groups -OCH3 is 1. The van der Waals surface area contributed by atoms with Crippen LogP contribution in [0.3, 0.4) is 0 Å². The van der Waals surface area contributed by atoms with Crippen molar-refractivity contribution < 1.29 is 17.9 Å². The highest BCUT2D eigenvalue weighted by molar-refractivity contribution is 7.92. The number of hydrogen-bond acceptors (Lipinski definition) is 4. The van der Waals surface area contributed by atoms with Crippen LogP contribution in [0.2, 0.25) is 5.02 Å². The van der Waals surface area contributed by atoms with Gasteiger partial charge in [-0.3, -0.25) is 0 Å². The van der Waals surface area contributed by atoms with Crippen molar-refractivity contribution >= 4 is 33.2 Å². The summed E-state index contributed by atoms with van der Waals surface area (Å²) in [7, 11) is -1.90. The van der Waals surface area contributed by atoms with Crippen molar-refractivity contribution in [2.45, 2.75) is 23.0 Å². The summed E-state index contributed by atoms with van der Waals surface area (Å²) in [6.07, 6.45) is 0.800. The molecule has 0 bridgehead atoms. The number of carbonyl (C=O) groups excluding carboxylic acids is 1. The predicted molar refractivity (Wildman–Crippen MR) is 105 cm³/mol. The minimum Gasteiger partial charge on any atom is -0.497 e. The first-order chi connectivity index (χ1) is 12.9. The lowest BCUT2D eigenvalue weighted by atomic mass is 10.1. The molecule has 8 heteroatoms. The largest absolute Gasteiger partial charge is 0.497 e. The molecule has 2 aromatic carbocycles. The summed E-state index contributed by atoms with van der Waals surface area (Å²) in [5, 5.41) is 2.83. The van der Waals surface area contributed by atoms with Gasteiger partial charge in [0.15, 0.2) is 9.84 Å². The van der Waals surface area contributed by atoms with Gasteiger partial charge in [0.05, 0.1) is 17.3 Å². The number of likely N-dealkylation sites (tertiary alicyclic amines) is 1. The third-order valence-electron chi connectivity index (χ3n) is 4.63. The highest BCUT2D eigenvalue weighted by atomic mass is 35.5. The molecule has 3 rings (SSSR count). The number of nitrogens with one attached hydrogen (secondary N) is 1. The van der Waals surface area contributed by atoms with Gasteiger partial charge in [-0.05, 0) is 55.3 Å². The molecule has 1 heterocycles. The maximum absolute atomic E-state index is 12.8. The average Bonchev–Trinajstić information content (AvgIpc) is 2.68. The lowest BCUT2D eigenvalue weighted by Crippen LogP contribution is -2.44. The standard InChI is InChI=1S/C19H21ClN2O4S/c1-26-16-5-7-17(8-6-16)27(24,25)18-9-11-22(12-10-18)19(23)21-15-4-2-3-14(20)13-15/h2-8,13,18H,9-12H2,1H3,(H,21,23). The molecule has 1 fully saturated rings. The van der Waals surface area contributed by atoms with Crippen LogP contribution in [-0.2, 0) is 9.84 Å². The first-order valence-corrected chi connectivity index (χ1v) is 10.5. The molecular formula is C19H21ClN2O4S. The Morgan fingerprint density at radius 1 is 1.15 bits per heavy atom. The summed E-state index contributed by atoms with van der Waals surface area (Å²) in [4.78, 5) is 14.3. The molecule has 1 N–H and O–H groups in total. The van der Waals surface area contributed by atoms with E-state index in [1.54, 1.807) is 53.4 Å². The number of benzene rings is 2. The van der Waals surface area contributed by atoms with Gasteiger partial charge < -0.3 is 15.0 Å². The molecule has 27 heavy (non-hydrogen) atoms. The molecule has 0 aromatic heterocycles. The molecule has 6 nitrogen and oxygen atoms in total. The van der Waals surface area contributed by atoms with E-state index in [9.17, 15) is 13.2 Å². The fraction of sp³-hybridized carbons (Fsp3) is 0.316. The average molecular weight is 409 g/mol. The van der Waals surface area contributed by atoms with Crippen molar-refractivity contribution in [2.24, 2.45) is 0 Å². The number of carbonyl (C=O) groups is 1. The van der Waals surface area contributed by atoms with Crippen LogP contribution in [0.25, 0.3) is 0 Å². The van der Waals surface area contributed by atoms with E-state index in [2.05, 4.69) is 5.32 Å². The topological polar surface area (TPSA) is 75.7 Å². The zero-order chi connectivity index (χ0) is 19.4. The summed E-state index contributed by atoms with van der Waals surface area (Å²) >= 11 is 5.92. The highest BCUT2D eigenvalue weighted by Gasteiger charge is 2.32. The van der Waals surface area contributed by atoms with E-state index in [4.69, 9.17) is 16.3 Å². The van der Waals surface area contributed by atoms with Crippen LogP contribution in [0.4, 0.5) is 10.5 Å². The maximum Gasteiger partial charge on any atom is 0.321 e. The van der Waals surface area contributed by atoms with E-state index < -0.39 is 15.1 Å². The molecule has 0 radical (unpaired) electrons. The Balaban J connectivity index is 1.61. The second-order valence-electron chi connectivity index (χ2n) is 6.35. The molecule has 0 aliphatic carbocycles. The second-order valence-corrected chi connectivity index (χ2v) is 9.01. The summed E-state index contributed by atoms with van der Waals surface area (Å²) in [5.41, 5.74) is 0.612. The fourth-order valence-electron chi connectivity index (χ4n) is 3.10. The van der Waals surface area contributed by atoms with Crippen LogP contribution >= 0.6 is 11.6 Å². The molecule has 0 spiro atoms. The third-order valence-corrected chi connectivity index (χ3v) is 7.15. The van der Waals surface area contributed by atoms with Gasteiger partial charge in [-0.25, -0.2) is 13.2 Å². The SMILES string of the molecule is COc1ccc(S(=O)(=O)C2CCN(C(=O)Nc3cccc(Cl)c3)CC2)cc1. The summed E-state index contributed by atoms with van der Waals surface area (Å²) in [5.74, 6) is 0.612. The Bertz CT molecular complexity index is 908. The van der Waals surface area contributed by atoms with Crippen LogP contribution in [0.5, 0.6) is 5.75 Å². The van der Waals surface area contributed by atoms with Gasteiger partial charge in [0.25, 0.3) is 0 Å². The zero-order valence-electron chi connectivity index (χ0n) is 14.9. The number of anilines is 1. The third kappa shape index (κ3) is 4.54. The number of rotatable bonds is 4. The Morgan fingerprint density at radius 3 is 2.41 bits per heavy atom. The van der Waals surface area contributed by atoms with Gasteiger partial charge >= 0.3 is 6.03 Å². The van der Waals surface area contributed by atoms with Gasteiger partial charge in [-0.2, -0.15) is 0 Å². The Morgan fingerprint density at radius 2 is 1.81 bits per heavy atom. The van der Waals surface area contributed by atoms with Gasteiger partial charge in [0, 0.05) is 23.8 Å². The Hall–Kier alpha value is -2.25. The van der Waals surface area contributed by atoms with Crippen LogP contribution in [0.1, 0.15) is 12.8 Å². The lowest BCUT2D eigenvalue weighted by Gasteiger charge is -2.31. The first kappa shape index (κ1) is 19.5. The van der Waals surface area contributed by atoms with E-state index in [-0.39, 0.29) is 10.9 Å². The number of urea groups is 1. The van der Waals surface area contributed by atoms with Crippen molar-refractivity contribution in [1.29, 1.82) is 0 Å². The summed E-state index contributed by atoms with van der Waals surface area (Å²) in [6, 6.07) is 13.1. The molecule has 1 saturated heterocycles. The van der Waals surface area contributed by atoms with E-state index in [0.29, 0.717) is 42.4 Å². The van der Waals surface area contributed by atoms with Crippen LogP contribution in [0.15, 0.2) is 53.4 Å². The molecule has 0 unspecified atom stereocenters. The molecule has 0 saturated carbocycles. The van der Waals surface area contributed by atoms with Crippen molar-refractivity contribution in [2.75, 3.05) is 25.5 Å². The molecule has 144 valence electrons. The number of amides is 2. The minimum absolute atomic E-state index is 0.252. The van der Waals surface area contributed by atoms with Crippen molar-refractivity contribution in [3.8, 4) is 5.75 Å². The number of hydrogen-bond donors (Lipinski definition) is 1. The summed E-state index contributed by atoms with van der Waals surface area (Å²) in [6.45, 7) is 0.763. The van der Waals surface area contributed by atoms with Crippen LogP contribution in [-0.4, -0.2) is 44.8 Å². The van der Waals surface area contributed by atoms with Crippen molar-refractivity contribution in [1.82, 2.24) is 4.90 Å². The Kier molecular flexibility index (Phi) is 5.92. The predicted octanol–water partition coefficient (Wildman–Crippen LogP) is 3.82. The fourth-order valence-corrected chi connectivity index (χ4v) is 5.02. The Labute approximate surface area is 164 Å². The van der Waals surface area contributed by atoms with Gasteiger partial charge in [-0.1, -0.05) is 17.7 Å². The minimum atomic E-state index is -3.43. The number of nitrogens with zero attached hydrogens (tertiary/aromatic N) is 1. The lowest BCUT2D eigenvalue weighted by molar-refractivity contribution is 0.200. The van der Waals surface area contributed by atoms with Gasteiger partial charge in [0.2, 0.25) is 0 Å². The van der Waals surface area contributed by atoms with Crippen molar-refractivity contribution in [3.05, 3.63) is 53.6 Å². The number of piperidine rings is 1. The van der Waals surface area contributed by atoms with Crippen LogP contribution in [0, 0.1) is 0 Å². The van der Waals surface area contributed by atoms with Crippen LogP contribution < -0.4 is 10.1 Å². The first-order valence-electron chi connectivity index (χ1n) is 8.59. The van der Waals surface area contributed by atoms with Crippen molar-refractivity contribution in [3.63, 3.8) is 0 Å². The molecule has 2 aromatic rings. The van der Waals surface area contributed by atoms with E-state index in [0.717, 1.165) is 0 Å².